The molecule has 0 aliphatic carbocycles. The molecule has 0 unspecified atom stereocenters. The van der Waals surface area contributed by atoms with E-state index in [-0.39, 0.29) is 31.1 Å². The van der Waals surface area contributed by atoms with Gasteiger partial charge in [-0.05, 0) is 25.2 Å². The second-order valence-electron chi connectivity index (χ2n) is 19.0. The zero-order valence-electron chi connectivity index (χ0n) is 40.9. The van der Waals surface area contributed by atoms with Crippen LogP contribution in [0.1, 0.15) is 304 Å². The fourth-order valence-electron chi connectivity index (χ4n) is 8.22. The molecule has 0 amide bonds. The molecule has 0 aromatic heterocycles. The number of unbranched alkanes of at least 4 members (excludes halogenated alkanes) is 36. The van der Waals surface area contributed by atoms with E-state index >= 15 is 0 Å². The highest BCUT2D eigenvalue weighted by Gasteiger charge is 2.19. The van der Waals surface area contributed by atoms with E-state index in [2.05, 4.69) is 27.7 Å². The fourth-order valence-corrected chi connectivity index (χ4v) is 8.22. The van der Waals surface area contributed by atoms with Crippen LogP contribution in [0.25, 0.3) is 0 Å². The highest BCUT2D eigenvalue weighted by molar-refractivity contribution is 5.71. The molecule has 1 atom stereocenters. The van der Waals surface area contributed by atoms with E-state index in [0.29, 0.717) is 19.3 Å². The number of carbonyl (C=O) groups excluding carboxylic acids is 3. The third kappa shape index (κ3) is 47.5. The molecule has 6 heteroatoms. The van der Waals surface area contributed by atoms with E-state index in [9.17, 15) is 14.4 Å². The van der Waals surface area contributed by atoms with Gasteiger partial charge in [0.25, 0.3) is 0 Å². The van der Waals surface area contributed by atoms with Crippen molar-refractivity contribution in [1.29, 1.82) is 0 Å². The maximum Gasteiger partial charge on any atom is 0.306 e. The molecule has 0 fully saturated rings. The van der Waals surface area contributed by atoms with E-state index < -0.39 is 6.10 Å². The molecule has 0 radical (unpaired) electrons. The molecule has 0 saturated carbocycles. The molecule has 0 aliphatic heterocycles. The van der Waals surface area contributed by atoms with Crippen LogP contribution in [0.5, 0.6) is 0 Å². The van der Waals surface area contributed by atoms with Crippen molar-refractivity contribution in [3.8, 4) is 0 Å². The fraction of sp³-hybridized carbons (Fsp3) is 0.944. The number of rotatable bonds is 49. The van der Waals surface area contributed by atoms with Crippen LogP contribution in [0.3, 0.4) is 0 Å². The van der Waals surface area contributed by atoms with Gasteiger partial charge in [-0.1, -0.05) is 265 Å². The minimum atomic E-state index is -0.759. The summed E-state index contributed by atoms with van der Waals surface area (Å²) in [6, 6.07) is 0. The molecule has 0 saturated heterocycles. The third-order valence-electron chi connectivity index (χ3n) is 12.3. The summed E-state index contributed by atoms with van der Waals surface area (Å²) in [6.45, 7) is 9.01. The summed E-state index contributed by atoms with van der Waals surface area (Å²) in [4.78, 5) is 37.8. The van der Waals surface area contributed by atoms with Crippen LogP contribution in [0, 0.1) is 5.92 Å². The Hall–Kier alpha value is -1.59. The van der Waals surface area contributed by atoms with Gasteiger partial charge in [0.15, 0.2) is 6.10 Å². The zero-order valence-corrected chi connectivity index (χ0v) is 40.9. The molecular formula is C54H104O6. The molecule has 356 valence electrons. The highest BCUT2D eigenvalue weighted by Crippen LogP contribution is 2.17. The largest absolute Gasteiger partial charge is 0.462 e. The number of esters is 3. The first-order chi connectivity index (χ1) is 29.4. The normalized spacial score (nSPS) is 11.9. The summed E-state index contributed by atoms with van der Waals surface area (Å²) < 4.78 is 16.8. The average molecular weight is 849 g/mol. The van der Waals surface area contributed by atoms with Gasteiger partial charge in [-0.15, -0.1) is 0 Å². The van der Waals surface area contributed by atoms with Crippen LogP contribution >= 0.6 is 0 Å². The van der Waals surface area contributed by atoms with Gasteiger partial charge in [0.1, 0.15) is 13.2 Å². The Morgan fingerprint density at radius 1 is 0.317 bits per heavy atom. The lowest BCUT2D eigenvalue weighted by atomic mass is 10.0. The van der Waals surface area contributed by atoms with Gasteiger partial charge in [0.05, 0.1) is 0 Å². The highest BCUT2D eigenvalue weighted by atomic mass is 16.6. The van der Waals surface area contributed by atoms with Crippen molar-refractivity contribution in [2.75, 3.05) is 13.2 Å². The van der Waals surface area contributed by atoms with Crippen molar-refractivity contribution < 1.29 is 28.6 Å². The van der Waals surface area contributed by atoms with E-state index in [0.717, 1.165) is 63.7 Å². The summed E-state index contributed by atoms with van der Waals surface area (Å²) in [7, 11) is 0. The molecule has 60 heavy (non-hydrogen) atoms. The Morgan fingerprint density at radius 3 is 0.817 bits per heavy atom. The molecule has 0 N–H and O–H groups in total. The van der Waals surface area contributed by atoms with Gasteiger partial charge in [-0.3, -0.25) is 14.4 Å². The third-order valence-corrected chi connectivity index (χ3v) is 12.3. The Balaban J connectivity index is 4.10. The Kier molecular flexibility index (Phi) is 47.2. The molecule has 0 aliphatic rings. The summed E-state index contributed by atoms with van der Waals surface area (Å²) >= 11 is 0. The van der Waals surface area contributed by atoms with Crippen molar-refractivity contribution in [3.05, 3.63) is 0 Å². The zero-order chi connectivity index (χ0) is 43.8. The maximum atomic E-state index is 12.7. The number of carbonyl (C=O) groups is 3. The van der Waals surface area contributed by atoms with Crippen molar-refractivity contribution in [2.24, 2.45) is 5.92 Å². The number of ether oxygens (including phenoxy) is 3. The lowest BCUT2D eigenvalue weighted by Crippen LogP contribution is -2.30. The monoisotopic (exact) mass is 849 g/mol. The van der Waals surface area contributed by atoms with E-state index in [1.807, 2.05) is 0 Å². The van der Waals surface area contributed by atoms with Crippen molar-refractivity contribution >= 4 is 17.9 Å². The first kappa shape index (κ1) is 58.4. The maximum absolute atomic E-state index is 12.7. The lowest BCUT2D eigenvalue weighted by molar-refractivity contribution is -0.167. The first-order valence-electron chi connectivity index (χ1n) is 26.9. The molecule has 0 bridgehead atoms. The number of hydrogen-bond acceptors (Lipinski definition) is 6. The minimum Gasteiger partial charge on any atom is -0.462 e. The molecule has 0 aromatic carbocycles. The molecule has 6 nitrogen and oxygen atoms in total. The smallest absolute Gasteiger partial charge is 0.306 e. The van der Waals surface area contributed by atoms with Crippen molar-refractivity contribution in [1.82, 2.24) is 0 Å². The van der Waals surface area contributed by atoms with Crippen LogP contribution < -0.4 is 0 Å². The predicted octanol–water partition coefficient (Wildman–Crippen LogP) is 17.5. The van der Waals surface area contributed by atoms with E-state index in [1.165, 1.54) is 199 Å². The SMILES string of the molecule is CCCCCCCCCCCCCCCCC(=O)OC[C@@H](COC(=O)CCCCCCCCCCCCCCCCCCCCC(C)C)OC(=O)CCCCCCCCC. The summed E-state index contributed by atoms with van der Waals surface area (Å²) in [5.41, 5.74) is 0. The molecule has 0 aromatic rings. The quantitative estimate of drug-likeness (QED) is 0.0345. The molecule has 0 spiro atoms. The van der Waals surface area contributed by atoms with Gasteiger partial charge in [0, 0.05) is 19.3 Å². The summed E-state index contributed by atoms with van der Waals surface area (Å²) in [5, 5.41) is 0. The van der Waals surface area contributed by atoms with Crippen molar-refractivity contribution in [2.45, 2.75) is 310 Å². The standard InChI is InChI=1S/C54H104O6/c1-5-7-9-11-13-14-15-16-24-27-30-34-37-41-45-52(55)58-48-51(60-54(57)47-43-39-32-12-10-8-6-2)49-59-53(56)46-42-38-35-31-28-25-22-20-18-17-19-21-23-26-29-33-36-40-44-50(3)4/h50-51H,5-49H2,1-4H3/t51-/m0/s1. The molecule has 0 rings (SSSR count). The van der Waals surface area contributed by atoms with Crippen LogP contribution in [0.4, 0.5) is 0 Å². The van der Waals surface area contributed by atoms with Gasteiger partial charge in [-0.25, -0.2) is 0 Å². The van der Waals surface area contributed by atoms with E-state index in [4.69, 9.17) is 14.2 Å². The Bertz CT molecular complexity index is 903. The van der Waals surface area contributed by atoms with Gasteiger partial charge >= 0.3 is 17.9 Å². The lowest BCUT2D eigenvalue weighted by Gasteiger charge is -2.18. The Labute approximate surface area is 374 Å². The average Bonchev–Trinajstić information content (AvgIpc) is 3.23. The summed E-state index contributed by atoms with van der Waals surface area (Å²) in [5.74, 6) is 0.00989. The van der Waals surface area contributed by atoms with Gasteiger partial charge in [-0.2, -0.15) is 0 Å². The van der Waals surface area contributed by atoms with Crippen LogP contribution in [-0.4, -0.2) is 37.2 Å². The van der Waals surface area contributed by atoms with E-state index in [1.54, 1.807) is 0 Å². The number of hydrogen-bond donors (Lipinski definition) is 0. The van der Waals surface area contributed by atoms with Gasteiger partial charge < -0.3 is 14.2 Å². The van der Waals surface area contributed by atoms with Crippen LogP contribution in [0.15, 0.2) is 0 Å². The topological polar surface area (TPSA) is 78.9 Å². The molecular weight excluding hydrogens is 745 g/mol. The second kappa shape index (κ2) is 48.4. The van der Waals surface area contributed by atoms with Crippen LogP contribution in [0.2, 0.25) is 0 Å². The van der Waals surface area contributed by atoms with Crippen molar-refractivity contribution in [3.63, 3.8) is 0 Å². The first-order valence-corrected chi connectivity index (χ1v) is 26.9. The summed E-state index contributed by atoms with van der Waals surface area (Å²) in [6.07, 6.45) is 51.1. The Morgan fingerprint density at radius 2 is 0.550 bits per heavy atom. The van der Waals surface area contributed by atoms with Crippen LogP contribution in [-0.2, 0) is 28.6 Å². The van der Waals surface area contributed by atoms with Gasteiger partial charge in [0.2, 0.25) is 0 Å². The second-order valence-corrected chi connectivity index (χ2v) is 19.0. The molecule has 0 heterocycles. The predicted molar refractivity (Wildman–Crippen MR) is 257 cm³/mol. The minimum absolute atomic E-state index is 0.0631.